The van der Waals surface area contributed by atoms with Gasteiger partial charge in [-0.2, -0.15) is 0 Å². The standard InChI is InChI=1S/C15H20BNO4/c1-14(2)15(3,4)21-16(20-14)12-7-5-6-10-8-17(13(18)19)9-11(10)12/h5-7H,8-9H2,1-4H3,(H,18,19). The fourth-order valence-electron chi connectivity index (χ4n) is 2.77. The van der Waals surface area contributed by atoms with Crippen molar-refractivity contribution in [2.24, 2.45) is 0 Å². The summed E-state index contributed by atoms with van der Waals surface area (Å²) in [6, 6.07) is 5.86. The number of hydrogen-bond acceptors (Lipinski definition) is 3. The Bertz CT molecular complexity index is 583. The van der Waals surface area contributed by atoms with Gasteiger partial charge in [0.25, 0.3) is 0 Å². The molecule has 1 saturated heterocycles. The minimum atomic E-state index is -0.897. The Morgan fingerprint density at radius 3 is 2.38 bits per heavy atom. The molecule has 2 heterocycles. The molecular weight excluding hydrogens is 269 g/mol. The maximum Gasteiger partial charge on any atom is 0.495 e. The van der Waals surface area contributed by atoms with Crippen LogP contribution in [0.3, 0.4) is 0 Å². The van der Waals surface area contributed by atoms with Gasteiger partial charge in [-0.1, -0.05) is 18.2 Å². The van der Waals surface area contributed by atoms with E-state index in [0.717, 1.165) is 16.6 Å². The molecule has 21 heavy (non-hydrogen) atoms. The molecule has 0 aliphatic carbocycles. The zero-order valence-corrected chi connectivity index (χ0v) is 12.8. The minimum Gasteiger partial charge on any atom is -0.465 e. The molecule has 2 aliphatic rings. The summed E-state index contributed by atoms with van der Waals surface area (Å²) in [4.78, 5) is 12.6. The van der Waals surface area contributed by atoms with E-state index in [1.54, 1.807) is 0 Å². The first kappa shape index (κ1) is 14.4. The predicted molar refractivity (Wildman–Crippen MR) is 79.4 cm³/mol. The SMILES string of the molecule is CC1(C)OB(c2cccc3c2CN(C(=O)O)C3)OC1(C)C. The summed E-state index contributed by atoms with van der Waals surface area (Å²) in [6.45, 7) is 8.88. The van der Waals surface area contributed by atoms with Gasteiger partial charge in [0.15, 0.2) is 0 Å². The quantitative estimate of drug-likeness (QED) is 0.803. The van der Waals surface area contributed by atoms with Gasteiger partial charge in [0.1, 0.15) is 0 Å². The zero-order valence-electron chi connectivity index (χ0n) is 12.8. The first-order valence-corrected chi connectivity index (χ1v) is 7.15. The Hall–Kier alpha value is -1.53. The van der Waals surface area contributed by atoms with Gasteiger partial charge in [-0.15, -0.1) is 0 Å². The number of hydrogen-bond donors (Lipinski definition) is 1. The van der Waals surface area contributed by atoms with Crippen LogP contribution in [0.1, 0.15) is 38.8 Å². The second-order valence-electron chi connectivity index (χ2n) is 6.71. The molecule has 0 saturated carbocycles. The summed E-state index contributed by atoms with van der Waals surface area (Å²) < 4.78 is 12.2. The van der Waals surface area contributed by atoms with Crippen LogP contribution in [0.15, 0.2) is 18.2 Å². The fourth-order valence-corrected chi connectivity index (χ4v) is 2.77. The molecule has 0 spiro atoms. The summed E-state index contributed by atoms with van der Waals surface area (Å²) in [5.41, 5.74) is 2.19. The highest BCUT2D eigenvalue weighted by Crippen LogP contribution is 2.37. The molecule has 112 valence electrons. The summed E-state index contributed by atoms with van der Waals surface area (Å²) in [5.74, 6) is 0. The fraction of sp³-hybridized carbons (Fsp3) is 0.533. The summed E-state index contributed by atoms with van der Waals surface area (Å²) >= 11 is 0. The van der Waals surface area contributed by atoms with Crippen molar-refractivity contribution in [1.29, 1.82) is 0 Å². The van der Waals surface area contributed by atoms with Crippen molar-refractivity contribution in [2.45, 2.75) is 52.0 Å². The summed E-state index contributed by atoms with van der Waals surface area (Å²) in [6.07, 6.45) is -0.897. The molecule has 5 nitrogen and oxygen atoms in total. The highest BCUT2D eigenvalue weighted by molar-refractivity contribution is 6.62. The average molecular weight is 289 g/mol. The number of nitrogens with zero attached hydrogens (tertiary/aromatic N) is 1. The number of carboxylic acid groups (broad SMARTS) is 1. The topological polar surface area (TPSA) is 59.0 Å². The summed E-state index contributed by atoms with van der Waals surface area (Å²) in [7, 11) is -0.446. The molecule has 0 aromatic heterocycles. The number of amides is 1. The highest BCUT2D eigenvalue weighted by Gasteiger charge is 2.52. The molecule has 3 rings (SSSR count). The number of fused-ring (bicyclic) bond motifs is 1. The van der Waals surface area contributed by atoms with Gasteiger partial charge in [0, 0.05) is 13.1 Å². The van der Waals surface area contributed by atoms with Crippen LogP contribution in [0.25, 0.3) is 0 Å². The molecule has 1 N–H and O–H groups in total. The van der Waals surface area contributed by atoms with E-state index in [2.05, 4.69) is 0 Å². The van der Waals surface area contributed by atoms with Gasteiger partial charge in [0.05, 0.1) is 11.2 Å². The lowest BCUT2D eigenvalue weighted by Gasteiger charge is -2.32. The van der Waals surface area contributed by atoms with Crippen molar-refractivity contribution >= 4 is 18.7 Å². The largest absolute Gasteiger partial charge is 0.495 e. The molecule has 1 aromatic carbocycles. The smallest absolute Gasteiger partial charge is 0.465 e. The summed E-state index contributed by atoms with van der Waals surface area (Å²) in [5, 5.41) is 9.17. The van der Waals surface area contributed by atoms with Gasteiger partial charge in [-0.3, -0.25) is 4.90 Å². The van der Waals surface area contributed by atoms with Gasteiger partial charge in [0.2, 0.25) is 0 Å². The van der Waals surface area contributed by atoms with Gasteiger partial charge < -0.3 is 14.4 Å². The van der Waals surface area contributed by atoms with E-state index in [1.165, 1.54) is 4.90 Å². The first-order chi connectivity index (χ1) is 9.71. The van der Waals surface area contributed by atoms with Crippen molar-refractivity contribution in [2.75, 3.05) is 0 Å². The number of rotatable bonds is 1. The van der Waals surface area contributed by atoms with Gasteiger partial charge in [-0.05, 0) is 44.3 Å². The predicted octanol–water partition coefficient (Wildman–Crippen LogP) is 1.98. The lowest BCUT2D eigenvalue weighted by Crippen LogP contribution is -2.41. The van der Waals surface area contributed by atoms with Crippen LogP contribution >= 0.6 is 0 Å². The minimum absolute atomic E-state index is 0.394. The van der Waals surface area contributed by atoms with Crippen LogP contribution in [0, 0.1) is 0 Å². The van der Waals surface area contributed by atoms with E-state index in [4.69, 9.17) is 9.31 Å². The van der Waals surface area contributed by atoms with E-state index < -0.39 is 24.4 Å². The van der Waals surface area contributed by atoms with Gasteiger partial charge >= 0.3 is 13.2 Å². The monoisotopic (exact) mass is 289 g/mol. The Kier molecular flexibility index (Phi) is 3.08. The lowest BCUT2D eigenvalue weighted by atomic mass is 9.75. The van der Waals surface area contributed by atoms with Crippen LogP contribution in [0.4, 0.5) is 4.79 Å². The van der Waals surface area contributed by atoms with Crippen LogP contribution in [-0.2, 0) is 22.4 Å². The van der Waals surface area contributed by atoms with Crippen LogP contribution in [-0.4, -0.2) is 34.4 Å². The molecule has 1 aromatic rings. The average Bonchev–Trinajstić information content (AvgIpc) is 2.88. The molecule has 0 atom stereocenters. The third kappa shape index (κ3) is 2.22. The zero-order chi connectivity index (χ0) is 15.4. The Morgan fingerprint density at radius 1 is 1.19 bits per heavy atom. The third-order valence-electron chi connectivity index (χ3n) is 4.80. The Balaban J connectivity index is 1.93. The van der Waals surface area contributed by atoms with Crippen molar-refractivity contribution in [3.05, 3.63) is 29.3 Å². The lowest BCUT2D eigenvalue weighted by molar-refractivity contribution is 0.00578. The van der Waals surface area contributed by atoms with E-state index in [-0.39, 0.29) is 0 Å². The Labute approximate surface area is 125 Å². The van der Waals surface area contributed by atoms with Gasteiger partial charge in [-0.25, -0.2) is 4.79 Å². The van der Waals surface area contributed by atoms with Crippen molar-refractivity contribution in [3.8, 4) is 0 Å². The first-order valence-electron chi connectivity index (χ1n) is 7.15. The Morgan fingerprint density at radius 2 is 1.81 bits per heavy atom. The van der Waals surface area contributed by atoms with E-state index in [0.29, 0.717) is 13.1 Å². The van der Waals surface area contributed by atoms with Crippen LogP contribution in [0.5, 0.6) is 0 Å². The second-order valence-corrected chi connectivity index (χ2v) is 6.71. The molecule has 1 amide bonds. The highest BCUT2D eigenvalue weighted by atomic mass is 16.7. The maximum absolute atomic E-state index is 11.2. The third-order valence-corrected chi connectivity index (χ3v) is 4.80. The molecule has 2 aliphatic heterocycles. The van der Waals surface area contributed by atoms with Crippen molar-refractivity contribution in [3.63, 3.8) is 0 Å². The van der Waals surface area contributed by atoms with E-state index in [1.807, 2.05) is 45.9 Å². The molecule has 0 bridgehead atoms. The maximum atomic E-state index is 11.2. The normalized spacial score (nSPS) is 22.5. The second kappa shape index (κ2) is 4.48. The molecule has 0 radical (unpaired) electrons. The van der Waals surface area contributed by atoms with E-state index in [9.17, 15) is 9.90 Å². The molecular formula is C15H20BNO4. The molecule has 0 unspecified atom stereocenters. The molecule has 1 fully saturated rings. The van der Waals surface area contributed by atoms with Crippen LogP contribution in [0.2, 0.25) is 0 Å². The molecule has 6 heteroatoms. The van der Waals surface area contributed by atoms with Crippen LogP contribution < -0.4 is 5.46 Å². The van der Waals surface area contributed by atoms with E-state index >= 15 is 0 Å². The van der Waals surface area contributed by atoms with Crippen molar-refractivity contribution in [1.82, 2.24) is 4.90 Å². The number of benzene rings is 1. The van der Waals surface area contributed by atoms with Crippen molar-refractivity contribution < 1.29 is 19.2 Å². The number of carbonyl (C=O) groups is 1.